The maximum atomic E-state index is 13.2. The van der Waals surface area contributed by atoms with E-state index in [2.05, 4.69) is 10.9 Å². The van der Waals surface area contributed by atoms with Crippen molar-refractivity contribution in [2.75, 3.05) is 5.43 Å². The van der Waals surface area contributed by atoms with Crippen LogP contribution in [0.3, 0.4) is 0 Å². The van der Waals surface area contributed by atoms with Crippen molar-refractivity contribution < 1.29 is 18.0 Å². The third-order valence-electron chi connectivity index (χ3n) is 3.80. The highest BCUT2D eigenvalue weighted by Gasteiger charge is 2.13. The van der Waals surface area contributed by atoms with Crippen LogP contribution in [0.15, 0.2) is 66.7 Å². The molecular formula is C20H15F3N2O. The zero-order chi connectivity index (χ0) is 18.5. The zero-order valence-electron chi connectivity index (χ0n) is 13.6. The number of nitrogens with one attached hydrogen (secondary N) is 2. The van der Waals surface area contributed by atoms with Gasteiger partial charge in [-0.3, -0.25) is 15.6 Å². The number of amides is 1. The summed E-state index contributed by atoms with van der Waals surface area (Å²) in [5, 5.41) is 0. The molecule has 0 spiro atoms. The first kappa shape index (κ1) is 17.5. The van der Waals surface area contributed by atoms with E-state index in [1.54, 1.807) is 12.1 Å². The SMILES string of the molecule is O=C(NNc1cc(F)c(F)c(F)c1)c1ccccc1Cc1ccccc1. The molecule has 2 N–H and O–H groups in total. The van der Waals surface area contributed by atoms with Gasteiger partial charge in [-0.25, -0.2) is 13.2 Å². The van der Waals surface area contributed by atoms with Gasteiger partial charge in [0.1, 0.15) is 0 Å². The van der Waals surface area contributed by atoms with Gasteiger partial charge in [0.15, 0.2) is 17.5 Å². The van der Waals surface area contributed by atoms with E-state index in [0.717, 1.165) is 23.3 Å². The van der Waals surface area contributed by atoms with Crippen molar-refractivity contribution in [2.45, 2.75) is 6.42 Å². The number of halogens is 3. The quantitative estimate of drug-likeness (QED) is 0.524. The van der Waals surface area contributed by atoms with Crippen LogP contribution in [0.5, 0.6) is 0 Å². The van der Waals surface area contributed by atoms with E-state index in [0.29, 0.717) is 12.0 Å². The minimum absolute atomic E-state index is 0.102. The molecule has 6 heteroatoms. The monoisotopic (exact) mass is 356 g/mol. The van der Waals surface area contributed by atoms with Crippen molar-refractivity contribution in [1.29, 1.82) is 0 Å². The third kappa shape index (κ3) is 4.03. The van der Waals surface area contributed by atoms with Crippen LogP contribution in [-0.4, -0.2) is 5.91 Å². The van der Waals surface area contributed by atoms with Gasteiger partial charge in [0.25, 0.3) is 5.91 Å². The predicted molar refractivity (Wildman–Crippen MR) is 93.1 cm³/mol. The van der Waals surface area contributed by atoms with E-state index >= 15 is 0 Å². The van der Waals surface area contributed by atoms with Crippen LogP contribution in [0.4, 0.5) is 18.9 Å². The van der Waals surface area contributed by atoms with Crippen LogP contribution < -0.4 is 10.9 Å². The molecule has 0 bridgehead atoms. The second-order valence-electron chi connectivity index (χ2n) is 5.65. The fraction of sp³-hybridized carbons (Fsp3) is 0.0500. The standard InChI is InChI=1S/C20H15F3N2O/c21-17-11-15(12-18(22)19(17)23)24-25-20(26)16-9-5-4-8-14(16)10-13-6-2-1-3-7-13/h1-9,11-12,24H,10H2,(H,25,26). The average Bonchev–Trinajstić information content (AvgIpc) is 2.65. The normalized spacial score (nSPS) is 10.4. The topological polar surface area (TPSA) is 41.1 Å². The fourth-order valence-electron chi connectivity index (χ4n) is 2.54. The molecule has 0 radical (unpaired) electrons. The molecule has 0 saturated carbocycles. The molecule has 0 fully saturated rings. The number of benzene rings is 3. The number of hydrazine groups is 1. The first-order valence-corrected chi connectivity index (χ1v) is 7.87. The van der Waals surface area contributed by atoms with Crippen LogP contribution in [0.25, 0.3) is 0 Å². The van der Waals surface area contributed by atoms with Crippen molar-refractivity contribution >= 4 is 11.6 Å². The summed E-state index contributed by atoms with van der Waals surface area (Å²) in [7, 11) is 0. The molecule has 0 atom stereocenters. The number of anilines is 1. The van der Waals surface area contributed by atoms with Crippen molar-refractivity contribution in [2.24, 2.45) is 0 Å². The van der Waals surface area contributed by atoms with Crippen molar-refractivity contribution in [1.82, 2.24) is 5.43 Å². The Balaban J connectivity index is 1.74. The third-order valence-corrected chi connectivity index (χ3v) is 3.80. The second kappa shape index (κ2) is 7.74. The molecule has 0 heterocycles. The molecule has 3 aromatic carbocycles. The maximum absolute atomic E-state index is 13.2. The summed E-state index contributed by atoms with van der Waals surface area (Å²) in [6.45, 7) is 0. The Morgan fingerprint density at radius 2 is 1.46 bits per heavy atom. The number of carbonyl (C=O) groups excluding carboxylic acids is 1. The van der Waals surface area contributed by atoms with Crippen LogP contribution >= 0.6 is 0 Å². The van der Waals surface area contributed by atoms with E-state index in [1.807, 2.05) is 42.5 Å². The molecule has 0 aliphatic carbocycles. The van der Waals surface area contributed by atoms with Gasteiger partial charge in [0, 0.05) is 17.7 Å². The van der Waals surface area contributed by atoms with Gasteiger partial charge in [-0.05, 0) is 23.6 Å². The lowest BCUT2D eigenvalue weighted by Gasteiger charge is -2.12. The van der Waals surface area contributed by atoms with Crippen LogP contribution in [0.1, 0.15) is 21.5 Å². The lowest BCUT2D eigenvalue weighted by molar-refractivity contribution is 0.0962. The molecule has 3 rings (SSSR count). The zero-order valence-corrected chi connectivity index (χ0v) is 13.6. The predicted octanol–water partition coefficient (Wildman–Crippen LogP) is 4.45. The Hall–Kier alpha value is -3.28. The van der Waals surface area contributed by atoms with Crippen molar-refractivity contribution in [3.63, 3.8) is 0 Å². The first-order valence-electron chi connectivity index (χ1n) is 7.87. The maximum Gasteiger partial charge on any atom is 0.269 e. The summed E-state index contributed by atoms with van der Waals surface area (Å²) < 4.78 is 39.4. The van der Waals surface area contributed by atoms with Gasteiger partial charge in [-0.1, -0.05) is 48.5 Å². The Labute approximate surface area is 148 Å². The minimum Gasteiger partial charge on any atom is -0.298 e. The van der Waals surface area contributed by atoms with Gasteiger partial charge in [-0.2, -0.15) is 0 Å². The average molecular weight is 356 g/mol. The molecule has 0 saturated heterocycles. The van der Waals surface area contributed by atoms with E-state index in [-0.39, 0.29) is 5.69 Å². The van der Waals surface area contributed by atoms with Crippen LogP contribution in [0, 0.1) is 17.5 Å². The summed E-state index contributed by atoms with van der Waals surface area (Å²) >= 11 is 0. The Morgan fingerprint density at radius 3 is 2.15 bits per heavy atom. The van der Waals surface area contributed by atoms with Gasteiger partial charge >= 0.3 is 0 Å². The fourth-order valence-corrected chi connectivity index (χ4v) is 2.54. The Kier molecular flexibility index (Phi) is 5.22. The summed E-state index contributed by atoms with van der Waals surface area (Å²) in [5.41, 5.74) is 6.93. The van der Waals surface area contributed by atoms with E-state index in [1.165, 1.54) is 0 Å². The highest BCUT2D eigenvalue weighted by atomic mass is 19.2. The number of hydrogen-bond acceptors (Lipinski definition) is 2. The minimum atomic E-state index is -1.56. The molecule has 3 aromatic rings. The first-order chi connectivity index (χ1) is 12.5. The summed E-state index contributed by atoms with van der Waals surface area (Å²) in [4.78, 5) is 12.4. The number of carbonyl (C=O) groups is 1. The van der Waals surface area contributed by atoms with Crippen LogP contribution in [-0.2, 0) is 6.42 Å². The van der Waals surface area contributed by atoms with Crippen molar-refractivity contribution in [3.05, 3.63) is 101 Å². The largest absolute Gasteiger partial charge is 0.298 e. The number of rotatable bonds is 5. The molecule has 132 valence electrons. The van der Waals surface area contributed by atoms with E-state index in [4.69, 9.17) is 0 Å². The van der Waals surface area contributed by atoms with Gasteiger partial charge in [0.2, 0.25) is 0 Å². The smallest absolute Gasteiger partial charge is 0.269 e. The molecule has 0 aliphatic rings. The molecule has 1 amide bonds. The van der Waals surface area contributed by atoms with Crippen LogP contribution in [0.2, 0.25) is 0 Å². The second-order valence-corrected chi connectivity index (χ2v) is 5.65. The molecule has 3 nitrogen and oxygen atoms in total. The lowest BCUT2D eigenvalue weighted by Crippen LogP contribution is -2.30. The molecule has 26 heavy (non-hydrogen) atoms. The molecule has 0 aromatic heterocycles. The lowest BCUT2D eigenvalue weighted by atomic mass is 9.99. The van der Waals surface area contributed by atoms with Gasteiger partial charge < -0.3 is 0 Å². The number of hydrogen-bond donors (Lipinski definition) is 2. The molecule has 0 aliphatic heterocycles. The molecular weight excluding hydrogens is 341 g/mol. The van der Waals surface area contributed by atoms with Crippen molar-refractivity contribution in [3.8, 4) is 0 Å². The summed E-state index contributed by atoms with van der Waals surface area (Å²) in [6.07, 6.45) is 0.560. The van der Waals surface area contributed by atoms with E-state index in [9.17, 15) is 18.0 Å². The highest BCUT2D eigenvalue weighted by Crippen LogP contribution is 2.17. The summed E-state index contributed by atoms with van der Waals surface area (Å²) in [6, 6.07) is 18.2. The van der Waals surface area contributed by atoms with Gasteiger partial charge in [0.05, 0.1) is 5.69 Å². The Morgan fingerprint density at radius 1 is 0.846 bits per heavy atom. The van der Waals surface area contributed by atoms with Gasteiger partial charge in [-0.15, -0.1) is 0 Å². The Bertz CT molecular complexity index is 906. The van der Waals surface area contributed by atoms with E-state index < -0.39 is 23.4 Å². The molecule has 0 unspecified atom stereocenters. The highest BCUT2D eigenvalue weighted by molar-refractivity contribution is 5.96. The summed E-state index contributed by atoms with van der Waals surface area (Å²) in [5.74, 6) is -4.71.